The maximum atomic E-state index is 11.1. The van der Waals surface area contributed by atoms with E-state index in [0.717, 1.165) is 22.3 Å². The van der Waals surface area contributed by atoms with Crippen molar-refractivity contribution in [3.8, 4) is 57.1 Å². The van der Waals surface area contributed by atoms with Crippen LogP contribution in [0.5, 0.6) is 11.5 Å². The number of H-pyrrole nitrogens is 2. The minimum atomic E-state index is -0.881. The van der Waals surface area contributed by atoms with Gasteiger partial charge in [-0.3, -0.25) is 15.0 Å². The number of aliphatic hydroxyl groups excluding tert-OH is 1. The third-order valence-corrected chi connectivity index (χ3v) is 5.17. The van der Waals surface area contributed by atoms with E-state index in [-0.39, 0.29) is 5.97 Å². The van der Waals surface area contributed by atoms with Crippen LogP contribution < -0.4 is 9.47 Å². The highest BCUT2D eigenvalue weighted by atomic mass is 16.6. The highest BCUT2D eigenvalue weighted by Gasteiger charge is 2.13. The Morgan fingerprint density at radius 3 is 1.75 bits per heavy atom. The average molecular weight is 483 g/mol. The molecule has 0 saturated heterocycles. The Bertz CT molecular complexity index is 1490. The van der Waals surface area contributed by atoms with Gasteiger partial charge < -0.3 is 14.6 Å². The van der Waals surface area contributed by atoms with Crippen molar-refractivity contribution < 1.29 is 19.4 Å². The molecule has 0 aliphatic heterocycles. The molecule has 10 nitrogen and oxygen atoms in total. The van der Waals surface area contributed by atoms with Gasteiger partial charge in [-0.15, -0.1) is 0 Å². The first kappa shape index (κ1) is 22.9. The molecule has 0 spiro atoms. The highest BCUT2D eigenvalue weighted by molar-refractivity contribution is 5.71. The van der Waals surface area contributed by atoms with Gasteiger partial charge in [-0.25, -0.2) is 9.97 Å². The molecule has 0 saturated carbocycles. The summed E-state index contributed by atoms with van der Waals surface area (Å²) < 4.78 is 10.3. The number of hydrogen-bond acceptors (Lipinski definition) is 8. The summed E-state index contributed by atoms with van der Waals surface area (Å²) in [5.74, 6) is 2.92. The summed E-state index contributed by atoms with van der Waals surface area (Å²) in [6, 6.07) is 21.8. The van der Waals surface area contributed by atoms with E-state index in [0.29, 0.717) is 34.8 Å². The fraction of sp³-hybridized carbons (Fsp3) is 0.115. The Morgan fingerprint density at radius 2 is 1.28 bits per heavy atom. The molecule has 0 aliphatic rings. The van der Waals surface area contributed by atoms with E-state index in [2.05, 4.69) is 30.4 Å². The first-order valence-corrected chi connectivity index (χ1v) is 11.1. The summed E-state index contributed by atoms with van der Waals surface area (Å²) in [4.78, 5) is 20.3. The first-order valence-electron chi connectivity index (χ1n) is 11.1. The van der Waals surface area contributed by atoms with Crippen LogP contribution in [0.15, 0.2) is 72.8 Å². The standard InChI is InChI=1S/C26H22N6O4/c1-15(33)35-21-10-6-17(7-11-21)23-27-25(31-29-23)19-4-3-5-20(14-19)26-28-24(30-32-26)18-8-12-22(13-9-18)36-16(2)34/h3-15,33H,1-2H3,(H,27,29,31)(H,28,30,32). The Morgan fingerprint density at radius 1 is 0.778 bits per heavy atom. The highest BCUT2D eigenvalue weighted by Crippen LogP contribution is 2.27. The maximum Gasteiger partial charge on any atom is 0.308 e. The van der Waals surface area contributed by atoms with E-state index in [4.69, 9.17) is 9.47 Å². The predicted octanol–water partition coefficient (Wildman–Crippen LogP) is 4.23. The molecule has 3 aromatic carbocycles. The normalized spacial score (nSPS) is 11.8. The van der Waals surface area contributed by atoms with E-state index >= 15 is 0 Å². The number of carbonyl (C=O) groups excluding carboxylic acids is 1. The minimum Gasteiger partial charge on any atom is -0.465 e. The molecule has 180 valence electrons. The van der Waals surface area contributed by atoms with Crippen LogP contribution in [-0.4, -0.2) is 47.7 Å². The van der Waals surface area contributed by atoms with Crippen LogP contribution in [0.4, 0.5) is 0 Å². The van der Waals surface area contributed by atoms with E-state index in [9.17, 15) is 9.90 Å². The van der Waals surface area contributed by atoms with Gasteiger partial charge in [-0.2, -0.15) is 10.2 Å². The molecule has 0 radical (unpaired) electrons. The van der Waals surface area contributed by atoms with E-state index in [1.165, 1.54) is 6.92 Å². The smallest absolute Gasteiger partial charge is 0.308 e. The number of esters is 1. The van der Waals surface area contributed by atoms with Gasteiger partial charge in [-0.1, -0.05) is 18.2 Å². The largest absolute Gasteiger partial charge is 0.465 e. The average Bonchev–Trinajstić information content (AvgIpc) is 3.55. The van der Waals surface area contributed by atoms with Gasteiger partial charge in [0.2, 0.25) is 0 Å². The van der Waals surface area contributed by atoms with Crippen molar-refractivity contribution in [3.63, 3.8) is 0 Å². The van der Waals surface area contributed by atoms with Crippen molar-refractivity contribution in [1.29, 1.82) is 0 Å². The molecule has 0 fully saturated rings. The van der Waals surface area contributed by atoms with Crippen LogP contribution in [-0.2, 0) is 4.79 Å². The number of aliphatic hydroxyl groups is 1. The number of benzene rings is 3. The number of nitrogens with one attached hydrogen (secondary N) is 2. The fourth-order valence-electron chi connectivity index (χ4n) is 3.57. The van der Waals surface area contributed by atoms with Gasteiger partial charge >= 0.3 is 5.97 Å². The third-order valence-electron chi connectivity index (χ3n) is 5.17. The number of nitrogens with zero attached hydrogens (tertiary/aromatic N) is 4. The number of aromatic nitrogens is 6. The SMILES string of the molecule is CC(=O)Oc1ccc(-c2nc(-c3cccc(-c4n[nH]c(-c5ccc(OC(C)O)cc5)n4)c3)n[nH]2)cc1. The minimum absolute atomic E-state index is 0.372. The zero-order valence-electron chi connectivity index (χ0n) is 19.5. The molecule has 0 amide bonds. The zero-order chi connectivity index (χ0) is 25.1. The van der Waals surface area contributed by atoms with Crippen molar-refractivity contribution >= 4 is 5.97 Å². The summed E-state index contributed by atoms with van der Waals surface area (Å²) >= 11 is 0. The molecule has 0 bridgehead atoms. The molecule has 1 atom stereocenters. The fourth-order valence-corrected chi connectivity index (χ4v) is 3.57. The molecule has 2 aromatic heterocycles. The van der Waals surface area contributed by atoms with E-state index in [1.807, 2.05) is 36.4 Å². The molecule has 5 rings (SSSR count). The molecular weight excluding hydrogens is 460 g/mol. The second-order valence-corrected chi connectivity index (χ2v) is 7.96. The number of carbonyl (C=O) groups is 1. The lowest BCUT2D eigenvalue weighted by molar-refractivity contribution is -0.131. The van der Waals surface area contributed by atoms with E-state index in [1.54, 1.807) is 43.3 Å². The molecule has 2 heterocycles. The van der Waals surface area contributed by atoms with Crippen molar-refractivity contribution in [2.24, 2.45) is 0 Å². The van der Waals surface area contributed by atoms with Gasteiger partial charge in [0.1, 0.15) is 11.5 Å². The Kier molecular flexibility index (Phi) is 6.25. The van der Waals surface area contributed by atoms with Crippen molar-refractivity contribution in [2.75, 3.05) is 0 Å². The van der Waals surface area contributed by atoms with Gasteiger partial charge in [0, 0.05) is 29.2 Å². The topological polar surface area (TPSA) is 139 Å². The van der Waals surface area contributed by atoms with Crippen LogP contribution in [0.25, 0.3) is 45.6 Å². The Labute approximate surface area is 206 Å². The van der Waals surface area contributed by atoms with Gasteiger partial charge in [0.05, 0.1) is 0 Å². The summed E-state index contributed by atoms with van der Waals surface area (Å²) in [5.41, 5.74) is 3.25. The van der Waals surface area contributed by atoms with Gasteiger partial charge in [0.25, 0.3) is 0 Å². The van der Waals surface area contributed by atoms with Crippen LogP contribution in [0.3, 0.4) is 0 Å². The molecule has 1 unspecified atom stereocenters. The molecule has 0 aliphatic carbocycles. The van der Waals surface area contributed by atoms with Crippen LogP contribution in [0, 0.1) is 0 Å². The first-order chi connectivity index (χ1) is 17.4. The van der Waals surface area contributed by atoms with E-state index < -0.39 is 6.29 Å². The lowest BCUT2D eigenvalue weighted by atomic mass is 10.1. The number of ether oxygens (including phenoxy) is 2. The second-order valence-electron chi connectivity index (χ2n) is 7.96. The van der Waals surface area contributed by atoms with Crippen molar-refractivity contribution in [1.82, 2.24) is 30.4 Å². The quantitative estimate of drug-likeness (QED) is 0.178. The number of hydrogen-bond donors (Lipinski definition) is 3. The van der Waals surface area contributed by atoms with Crippen LogP contribution in [0.2, 0.25) is 0 Å². The van der Waals surface area contributed by atoms with Gasteiger partial charge in [0.15, 0.2) is 29.6 Å². The lowest BCUT2D eigenvalue weighted by Gasteiger charge is -2.08. The summed E-state index contributed by atoms with van der Waals surface area (Å²) in [5, 5.41) is 24.0. The Balaban J connectivity index is 1.34. The summed E-state index contributed by atoms with van der Waals surface area (Å²) in [7, 11) is 0. The second kappa shape index (κ2) is 9.80. The third kappa shape index (κ3) is 5.13. The lowest BCUT2D eigenvalue weighted by Crippen LogP contribution is -2.09. The molecular formula is C26H22N6O4. The molecule has 3 N–H and O–H groups in total. The van der Waals surface area contributed by atoms with Crippen molar-refractivity contribution in [2.45, 2.75) is 20.1 Å². The monoisotopic (exact) mass is 482 g/mol. The Hall–Kier alpha value is -4.83. The number of aromatic amines is 2. The van der Waals surface area contributed by atoms with Gasteiger partial charge in [-0.05, 0) is 61.5 Å². The zero-order valence-corrected chi connectivity index (χ0v) is 19.5. The molecule has 36 heavy (non-hydrogen) atoms. The van der Waals surface area contributed by atoms with Crippen LogP contribution >= 0.6 is 0 Å². The summed E-state index contributed by atoms with van der Waals surface area (Å²) in [6.45, 7) is 2.91. The summed E-state index contributed by atoms with van der Waals surface area (Å²) in [6.07, 6.45) is -0.881. The maximum absolute atomic E-state index is 11.1. The molecule has 10 heteroatoms. The van der Waals surface area contributed by atoms with Crippen LogP contribution in [0.1, 0.15) is 13.8 Å². The molecule has 5 aromatic rings. The number of rotatable bonds is 7. The predicted molar refractivity (Wildman–Crippen MR) is 132 cm³/mol. The van der Waals surface area contributed by atoms with Crippen molar-refractivity contribution in [3.05, 3.63) is 72.8 Å².